The van der Waals surface area contributed by atoms with Crippen molar-refractivity contribution in [3.05, 3.63) is 17.9 Å². The Morgan fingerprint density at radius 3 is 2.67 bits per heavy atom. The maximum Gasteiger partial charge on any atom is 0.271 e. The highest BCUT2D eigenvalue weighted by atomic mass is 32.2. The Labute approximate surface area is 106 Å². The lowest BCUT2D eigenvalue weighted by Gasteiger charge is -2.13. The zero-order valence-electron chi connectivity index (χ0n) is 10.1. The Balaban J connectivity index is 1.82. The number of nitrogens with one attached hydrogen (secondary N) is 1. The van der Waals surface area contributed by atoms with Crippen LogP contribution < -0.4 is 10.5 Å². The predicted molar refractivity (Wildman–Crippen MR) is 65.2 cm³/mol. The molecule has 0 atom stereocenters. The Morgan fingerprint density at radius 2 is 2.17 bits per heavy atom. The van der Waals surface area contributed by atoms with Crippen LogP contribution in [0.5, 0.6) is 0 Å². The van der Waals surface area contributed by atoms with E-state index in [0.29, 0.717) is 12.3 Å². The van der Waals surface area contributed by atoms with Crippen LogP contribution >= 0.6 is 0 Å². The van der Waals surface area contributed by atoms with Gasteiger partial charge >= 0.3 is 0 Å². The van der Waals surface area contributed by atoms with Gasteiger partial charge in [-0.3, -0.25) is 0 Å². The first-order chi connectivity index (χ1) is 8.45. The van der Waals surface area contributed by atoms with E-state index in [-0.39, 0.29) is 17.1 Å². The SMILES string of the molecule is NS(=O)(=O)c1ccc(CNCC2(CCO)CC2)o1. The van der Waals surface area contributed by atoms with Gasteiger partial charge in [-0.2, -0.15) is 0 Å². The van der Waals surface area contributed by atoms with E-state index in [0.717, 1.165) is 25.8 Å². The van der Waals surface area contributed by atoms with Gasteiger partial charge in [-0.25, -0.2) is 13.6 Å². The number of rotatable bonds is 7. The number of primary sulfonamides is 1. The molecule has 0 spiro atoms. The van der Waals surface area contributed by atoms with Gasteiger partial charge in [0.05, 0.1) is 6.54 Å². The maximum absolute atomic E-state index is 11.0. The molecule has 0 aromatic carbocycles. The maximum atomic E-state index is 11.0. The highest BCUT2D eigenvalue weighted by Gasteiger charge is 2.41. The molecule has 6 nitrogen and oxygen atoms in total. The Hall–Kier alpha value is -0.890. The Bertz CT molecular complexity index is 505. The van der Waals surface area contributed by atoms with Gasteiger partial charge in [0, 0.05) is 13.2 Å². The number of hydrogen-bond acceptors (Lipinski definition) is 5. The van der Waals surface area contributed by atoms with Crippen molar-refractivity contribution in [2.45, 2.75) is 30.9 Å². The molecule has 0 unspecified atom stereocenters. The van der Waals surface area contributed by atoms with Crippen molar-refractivity contribution in [2.24, 2.45) is 10.6 Å². The number of aliphatic hydroxyl groups excluding tert-OH is 1. The molecular weight excluding hydrogens is 256 g/mol. The van der Waals surface area contributed by atoms with E-state index in [4.69, 9.17) is 14.7 Å². The number of furan rings is 1. The van der Waals surface area contributed by atoms with Crippen LogP contribution in [0, 0.1) is 5.41 Å². The molecule has 1 heterocycles. The molecule has 0 bridgehead atoms. The van der Waals surface area contributed by atoms with Crippen molar-refractivity contribution in [1.29, 1.82) is 0 Å². The smallest absolute Gasteiger partial charge is 0.271 e. The summed E-state index contributed by atoms with van der Waals surface area (Å²) in [6.07, 6.45) is 3.06. The lowest BCUT2D eigenvalue weighted by Crippen LogP contribution is -2.24. The van der Waals surface area contributed by atoms with Gasteiger partial charge < -0.3 is 14.8 Å². The van der Waals surface area contributed by atoms with E-state index < -0.39 is 10.0 Å². The average molecular weight is 274 g/mol. The largest absolute Gasteiger partial charge is 0.447 e. The first kappa shape index (κ1) is 13.5. The van der Waals surface area contributed by atoms with Crippen molar-refractivity contribution in [3.63, 3.8) is 0 Å². The second-order valence-electron chi connectivity index (χ2n) is 4.84. The van der Waals surface area contributed by atoms with Gasteiger partial charge in [0.1, 0.15) is 5.76 Å². The molecule has 1 fully saturated rings. The van der Waals surface area contributed by atoms with Crippen LogP contribution in [0.4, 0.5) is 0 Å². The zero-order chi connectivity index (χ0) is 13.2. The van der Waals surface area contributed by atoms with Crippen molar-refractivity contribution >= 4 is 10.0 Å². The van der Waals surface area contributed by atoms with Gasteiger partial charge in [-0.15, -0.1) is 0 Å². The van der Waals surface area contributed by atoms with Gasteiger partial charge in [0.2, 0.25) is 5.09 Å². The average Bonchev–Trinajstić information content (AvgIpc) is 2.86. The van der Waals surface area contributed by atoms with Gasteiger partial charge in [-0.1, -0.05) is 0 Å². The summed E-state index contributed by atoms with van der Waals surface area (Å²) < 4.78 is 27.1. The van der Waals surface area contributed by atoms with Crippen LogP contribution in [0.3, 0.4) is 0 Å². The molecule has 102 valence electrons. The highest BCUT2D eigenvalue weighted by molar-refractivity contribution is 7.89. The van der Waals surface area contributed by atoms with Crippen molar-refractivity contribution < 1.29 is 17.9 Å². The molecule has 0 radical (unpaired) electrons. The zero-order valence-corrected chi connectivity index (χ0v) is 10.9. The fourth-order valence-corrected chi connectivity index (χ4v) is 2.47. The standard InChI is InChI=1S/C11H18N2O4S/c12-18(15,16)10-2-1-9(17-10)7-13-8-11(3-4-11)5-6-14/h1-2,13-14H,3-8H2,(H2,12,15,16). The summed E-state index contributed by atoms with van der Waals surface area (Å²) in [5.41, 5.74) is 0.226. The molecule has 0 aliphatic heterocycles. The molecule has 0 saturated heterocycles. The molecule has 1 saturated carbocycles. The molecule has 1 aromatic heterocycles. The molecule has 7 heteroatoms. The lowest BCUT2D eigenvalue weighted by molar-refractivity contribution is 0.244. The number of aliphatic hydroxyl groups is 1. The minimum atomic E-state index is -3.76. The van der Waals surface area contributed by atoms with E-state index in [1.807, 2.05) is 0 Å². The van der Waals surface area contributed by atoms with E-state index in [2.05, 4.69) is 5.32 Å². The molecule has 1 aliphatic carbocycles. The fourth-order valence-electron chi connectivity index (χ4n) is 1.99. The number of sulfonamides is 1. The summed E-state index contributed by atoms with van der Waals surface area (Å²) in [6.45, 7) is 1.47. The number of nitrogens with two attached hydrogens (primary N) is 1. The van der Waals surface area contributed by atoms with Gasteiger partial charge in [0.25, 0.3) is 10.0 Å². The summed E-state index contributed by atoms with van der Waals surface area (Å²) in [6, 6.07) is 2.95. The van der Waals surface area contributed by atoms with E-state index in [9.17, 15) is 8.42 Å². The summed E-state index contributed by atoms with van der Waals surface area (Å²) in [7, 11) is -3.76. The van der Waals surface area contributed by atoms with Crippen LogP contribution in [0.15, 0.2) is 21.6 Å². The van der Waals surface area contributed by atoms with Gasteiger partial charge in [-0.05, 0) is 36.8 Å². The minimum absolute atomic E-state index is 0.206. The molecule has 4 N–H and O–H groups in total. The van der Waals surface area contributed by atoms with E-state index in [1.165, 1.54) is 6.07 Å². The van der Waals surface area contributed by atoms with Crippen molar-refractivity contribution in [2.75, 3.05) is 13.2 Å². The molecule has 0 amide bonds. The first-order valence-electron chi connectivity index (χ1n) is 5.88. The van der Waals surface area contributed by atoms with E-state index in [1.54, 1.807) is 6.07 Å². The minimum Gasteiger partial charge on any atom is -0.447 e. The molecular formula is C11H18N2O4S. The lowest BCUT2D eigenvalue weighted by atomic mass is 10.0. The quantitative estimate of drug-likeness (QED) is 0.657. The third-order valence-electron chi connectivity index (χ3n) is 3.32. The second kappa shape index (κ2) is 5.00. The summed E-state index contributed by atoms with van der Waals surface area (Å²) >= 11 is 0. The van der Waals surface area contributed by atoms with Gasteiger partial charge in [0.15, 0.2) is 0 Å². The normalized spacial score (nSPS) is 17.9. The van der Waals surface area contributed by atoms with Crippen LogP contribution in [0.1, 0.15) is 25.0 Å². The second-order valence-corrected chi connectivity index (χ2v) is 6.34. The molecule has 1 aromatic rings. The first-order valence-corrected chi connectivity index (χ1v) is 7.43. The summed E-state index contributed by atoms with van der Waals surface area (Å²) in [5, 5.41) is 16.9. The Kier molecular flexibility index (Phi) is 3.76. The molecule has 18 heavy (non-hydrogen) atoms. The highest BCUT2D eigenvalue weighted by Crippen LogP contribution is 2.47. The summed E-state index contributed by atoms with van der Waals surface area (Å²) in [4.78, 5) is 0. The predicted octanol–water partition coefficient (Wildman–Crippen LogP) is 0.179. The Morgan fingerprint density at radius 1 is 1.44 bits per heavy atom. The third-order valence-corrected chi connectivity index (χ3v) is 4.10. The molecule has 2 rings (SSSR count). The van der Waals surface area contributed by atoms with Crippen LogP contribution in [0.25, 0.3) is 0 Å². The van der Waals surface area contributed by atoms with Crippen molar-refractivity contribution in [3.8, 4) is 0 Å². The fraction of sp³-hybridized carbons (Fsp3) is 0.636. The van der Waals surface area contributed by atoms with E-state index >= 15 is 0 Å². The number of hydrogen-bond donors (Lipinski definition) is 3. The topological polar surface area (TPSA) is 106 Å². The molecule has 1 aliphatic rings. The third kappa shape index (κ3) is 3.32. The van der Waals surface area contributed by atoms with Crippen LogP contribution in [0.2, 0.25) is 0 Å². The monoisotopic (exact) mass is 274 g/mol. The van der Waals surface area contributed by atoms with Crippen LogP contribution in [-0.4, -0.2) is 26.7 Å². The van der Waals surface area contributed by atoms with Crippen LogP contribution in [-0.2, 0) is 16.6 Å². The van der Waals surface area contributed by atoms with Crippen molar-refractivity contribution in [1.82, 2.24) is 5.32 Å². The summed E-state index contributed by atoms with van der Waals surface area (Å²) in [5.74, 6) is 0.541.